The van der Waals surface area contributed by atoms with Crippen molar-refractivity contribution in [2.24, 2.45) is 0 Å². The van der Waals surface area contributed by atoms with Crippen LogP contribution in [0.15, 0.2) is 85.2 Å². The predicted molar refractivity (Wildman–Crippen MR) is 142 cm³/mol. The maximum absolute atomic E-state index is 14.2. The Morgan fingerprint density at radius 1 is 0.649 bits per heavy atom. The van der Waals surface area contributed by atoms with Gasteiger partial charge in [-0.3, -0.25) is 9.59 Å². The van der Waals surface area contributed by atoms with Crippen LogP contribution in [0.4, 0.5) is 5.82 Å². The number of anilines is 1. The lowest BCUT2D eigenvalue weighted by molar-refractivity contribution is 0.0594. The van der Waals surface area contributed by atoms with E-state index in [4.69, 9.17) is 4.74 Å². The van der Waals surface area contributed by atoms with Crippen molar-refractivity contribution in [2.45, 2.75) is 13.8 Å². The average Bonchev–Trinajstić information content (AvgIpc) is 2.93. The number of carbonyl (C=O) groups is 3. The molecule has 0 spiro atoms. The summed E-state index contributed by atoms with van der Waals surface area (Å²) < 4.78 is 4.88. The smallest absolute Gasteiger partial charge is 0.360 e. The summed E-state index contributed by atoms with van der Waals surface area (Å²) in [7, 11) is 1.20. The average molecular weight is 490 g/mol. The van der Waals surface area contributed by atoms with Gasteiger partial charge in [0, 0.05) is 23.5 Å². The highest BCUT2D eigenvalue weighted by Crippen LogP contribution is 2.30. The molecular weight excluding hydrogens is 466 g/mol. The molecule has 0 saturated heterocycles. The molecule has 182 valence electrons. The number of esters is 1. The number of fused-ring (bicyclic) bond motifs is 2. The Morgan fingerprint density at radius 2 is 1.11 bits per heavy atom. The van der Waals surface area contributed by atoms with Gasteiger partial charge in [-0.25, -0.2) is 19.7 Å². The Hall–Kier alpha value is -4.91. The molecule has 1 heterocycles. The van der Waals surface area contributed by atoms with E-state index < -0.39 is 17.8 Å². The van der Waals surface area contributed by atoms with E-state index in [1.807, 2.05) is 74.5 Å². The Morgan fingerprint density at radius 3 is 1.59 bits per heavy atom. The van der Waals surface area contributed by atoms with Crippen LogP contribution in [-0.4, -0.2) is 34.9 Å². The third kappa shape index (κ3) is 4.10. The van der Waals surface area contributed by atoms with Gasteiger partial charge in [-0.15, -0.1) is 0 Å². The second kappa shape index (κ2) is 9.62. The molecule has 4 aromatic carbocycles. The molecule has 0 fully saturated rings. The summed E-state index contributed by atoms with van der Waals surface area (Å²) >= 11 is 0. The SMILES string of the molecule is COC(=O)c1nccnc1N(C(=O)c1ccc(C)c2ccccc12)C(=O)c1ccc(C)c2ccccc12. The molecule has 7 heteroatoms. The zero-order valence-corrected chi connectivity index (χ0v) is 20.6. The Kier molecular flexibility index (Phi) is 6.19. The number of aromatic nitrogens is 2. The van der Waals surface area contributed by atoms with Gasteiger partial charge in [0.1, 0.15) is 0 Å². The van der Waals surface area contributed by atoms with Gasteiger partial charge < -0.3 is 4.74 Å². The van der Waals surface area contributed by atoms with Crippen molar-refractivity contribution in [3.63, 3.8) is 0 Å². The largest absolute Gasteiger partial charge is 0.464 e. The van der Waals surface area contributed by atoms with E-state index in [9.17, 15) is 14.4 Å². The van der Waals surface area contributed by atoms with Crippen molar-refractivity contribution in [1.82, 2.24) is 9.97 Å². The molecule has 2 amide bonds. The zero-order valence-electron chi connectivity index (χ0n) is 20.6. The molecule has 7 nitrogen and oxygen atoms in total. The highest BCUT2D eigenvalue weighted by Gasteiger charge is 2.33. The van der Waals surface area contributed by atoms with E-state index in [0.717, 1.165) is 26.8 Å². The molecule has 0 radical (unpaired) electrons. The first kappa shape index (κ1) is 23.8. The molecule has 37 heavy (non-hydrogen) atoms. The van der Waals surface area contributed by atoms with Crippen molar-refractivity contribution in [1.29, 1.82) is 0 Å². The second-order valence-electron chi connectivity index (χ2n) is 8.62. The Labute approximate surface area is 213 Å². The maximum Gasteiger partial charge on any atom is 0.360 e. The predicted octanol–water partition coefficient (Wildman–Crippen LogP) is 5.67. The fraction of sp³-hybridized carbons (Fsp3) is 0.100. The highest BCUT2D eigenvalue weighted by atomic mass is 16.5. The lowest BCUT2D eigenvalue weighted by Crippen LogP contribution is -2.39. The molecule has 0 aliphatic carbocycles. The van der Waals surface area contributed by atoms with Gasteiger partial charge in [-0.1, -0.05) is 60.7 Å². The molecule has 0 bridgehead atoms. The first-order valence-electron chi connectivity index (χ1n) is 11.7. The molecule has 0 aliphatic rings. The number of rotatable bonds is 4. The van der Waals surface area contributed by atoms with Crippen molar-refractivity contribution in [3.8, 4) is 0 Å². The van der Waals surface area contributed by atoms with Gasteiger partial charge in [0.25, 0.3) is 11.8 Å². The molecule has 0 atom stereocenters. The quantitative estimate of drug-likeness (QED) is 0.239. The number of hydrogen-bond acceptors (Lipinski definition) is 6. The van der Waals surface area contributed by atoms with E-state index >= 15 is 0 Å². The van der Waals surface area contributed by atoms with E-state index in [2.05, 4.69) is 9.97 Å². The monoisotopic (exact) mass is 489 g/mol. The fourth-order valence-corrected chi connectivity index (χ4v) is 4.53. The number of imide groups is 1. The van der Waals surface area contributed by atoms with Crippen molar-refractivity contribution in [3.05, 3.63) is 113 Å². The van der Waals surface area contributed by atoms with Crippen molar-refractivity contribution in [2.75, 3.05) is 12.0 Å². The summed E-state index contributed by atoms with van der Waals surface area (Å²) in [5, 5.41) is 3.13. The fourth-order valence-electron chi connectivity index (χ4n) is 4.53. The maximum atomic E-state index is 14.2. The van der Waals surface area contributed by atoms with E-state index in [0.29, 0.717) is 21.9 Å². The van der Waals surface area contributed by atoms with E-state index in [-0.39, 0.29) is 11.5 Å². The van der Waals surface area contributed by atoms with Gasteiger partial charge in [0.05, 0.1) is 7.11 Å². The standard InChI is InChI=1S/C30H23N3O4/c1-18-12-14-24(22-10-6-4-8-20(18)22)28(34)33(27-26(30(36)37-3)31-16-17-32-27)29(35)25-15-13-19(2)21-9-5-7-11-23(21)25/h4-17H,1-3H3. The number of amides is 2. The Balaban J connectivity index is 1.77. The van der Waals surface area contributed by atoms with Crippen LogP contribution in [0.2, 0.25) is 0 Å². The molecule has 0 unspecified atom stereocenters. The van der Waals surface area contributed by atoms with Crippen LogP contribution in [0.5, 0.6) is 0 Å². The molecule has 5 aromatic rings. The zero-order chi connectivity index (χ0) is 26.1. The number of benzene rings is 4. The van der Waals surface area contributed by atoms with Crippen molar-refractivity contribution < 1.29 is 19.1 Å². The van der Waals surface area contributed by atoms with Gasteiger partial charge in [-0.05, 0) is 58.7 Å². The first-order chi connectivity index (χ1) is 17.9. The summed E-state index contributed by atoms with van der Waals surface area (Å²) in [5.41, 5.74) is 2.34. The van der Waals surface area contributed by atoms with Crippen LogP contribution in [0.25, 0.3) is 21.5 Å². The van der Waals surface area contributed by atoms with Crippen LogP contribution in [0.1, 0.15) is 42.3 Å². The van der Waals surface area contributed by atoms with Crippen LogP contribution in [0.3, 0.4) is 0 Å². The summed E-state index contributed by atoms with van der Waals surface area (Å²) in [6, 6.07) is 22.0. The highest BCUT2D eigenvalue weighted by molar-refractivity contribution is 6.31. The number of hydrogen-bond donors (Lipinski definition) is 0. The third-order valence-corrected chi connectivity index (χ3v) is 6.42. The number of aryl methyl sites for hydroxylation is 2. The second-order valence-corrected chi connectivity index (χ2v) is 8.62. The van der Waals surface area contributed by atoms with E-state index in [1.165, 1.54) is 19.5 Å². The van der Waals surface area contributed by atoms with Crippen molar-refractivity contribution >= 4 is 45.1 Å². The lowest BCUT2D eigenvalue weighted by Gasteiger charge is -2.23. The lowest BCUT2D eigenvalue weighted by atomic mass is 9.97. The van der Waals surface area contributed by atoms with Gasteiger partial charge >= 0.3 is 5.97 Å². The topological polar surface area (TPSA) is 89.5 Å². The molecule has 1 aromatic heterocycles. The summed E-state index contributed by atoms with van der Waals surface area (Å²) in [6.07, 6.45) is 2.64. The minimum Gasteiger partial charge on any atom is -0.464 e. The molecule has 0 N–H and O–H groups in total. The molecule has 0 aliphatic heterocycles. The third-order valence-electron chi connectivity index (χ3n) is 6.42. The summed E-state index contributed by atoms with van der Waals surface area (Å²) in [6.45, 7) is 3.91. The molecule has 0 saturated carbocycles. The van der Waals surface area contributed by atoms with Gasteiger partial charge in [0.15, 0.2) is 11.5 Å². The van der Waals surface area contributed by atoms with Crippen LogP contribution < -0.4 is 4.90 Å². The molecular formula is C30H23N3O4. The normalized spacial score (nSPS) is 10.9. The van der Waals surface area contributed by atoms with Gasteiger partial charge in [0.2, 0.25) is 0 Å². The number of methoxy groups -OCH3 is 1. The number of nitrogens with zero attached hydrogens (tertiary/aromatic N) is 3. The van der Waals surface area contributed by atoms with Crippen LogP contribution in [0, 0.1) is 13.8 Å². The summed E-state index contributed by atoms with van der Waals surface area (Å²) in [5.74, 6) is -2.26. The van der Waals surface area contributed by atoms with Crippen LogP contribution in [-0.2, 0) is 4.74 Å². The molecule has 5 rings (SSSR count). The van der Waals surface area contributed by atoms with Gasteiger partial charge in [-0.2, -0.15) is 0 Å². The minimum absolute atomic E-state index is 0.196. The first-order valence-corrected chi connectivity index (χ1v) is 11.7. The van der Waals surface area contributed by atoms with E-state index in [1.54, 1.807) is 12.1 Å². The van der Waals surface area contributed by atoms with Crippen LogP contribution >= 0.6 is 0 Å². The minimum atomic E-state index is -0.809. The number of ether oxygens (including phenoxy) is 1. The summed E-state index contributed by atoms with van der Waals surface area (Å²) in [4.78, 5) is 50.3. The Bertz CT molecular complexity index is 1610. The number of carbonyl (C=O) groups excluding carboxylic acids is 3.